The third-order valence-electron chi connectivity index (χ3n) is 13.5. The van der Waals surface area contributed by atoms with Gasteiger partial charge in [0.2, 0.25) is 0 Å². The maximum atomic E-state index is 2.45. The van der Waals surface area contributed by atoms with E-state index in [1.54, 1.807) is 0 Å². The molecule has 11 aromatic rings. The van der Waals surface area contributed by atoms with Crippen LogP contribution in [0.25, 0.3) is 98.8 Å². The highest BCUT2D eigenvalue weighted by Crippen LogP contribution is 2.46. The van der Waals surface area contributed by atoms with Gasteiger partial charge < -0.3 is 0 Å². The van der Waals surface area contributed by atoms with Gasteiger partial charge in [-0.3, -0.25) is 0 Å². The molecule has 0 unspecified atom stereocenters. The standard InChI is InChI=1S/C68H48S/c1-5-18-50(19-6-1)62(51-20-7-2-8-21-51)43-47-29-33-54(34-30-47)67-59-27-15-16-28-60(59)68(55-35-31-48(32-36-55)44-63(52-22-9-3-10-23-52)53-24-11-4-12-25-53)64-46-58(39-40-61(64)67)66-42-41-65(69-66)57-38-37-49-17-13-14-26-56(49)45-57/h1,3-7,9-46H,2,8H2/b62-43+. The van der Waals surface area contributed by atoms with Crippen molar-refractivity contribution in [2.45, 2.75) is 12.8 Å². The molecule has 1 aliphatic rings. The molecule has 0 saturated carbocycles. The monoisotopic (exact) mass is 896 g/mol. The molecule has 0 saturated heterocycles. The van der Waals surface area contributed by atoms with Crippen LogP contribution < -0.4 is 0 Å². The van der Waals surface area contributed by atoms with Crippen molar-refractivity contribution in [1.29, 1.82) is 0 Å². The Balaban J connectivity index is 1.00. The van der Waals surface area contributed by atoms with Gasteiger partial charge in [0.1, 0.15) is 0 Å². The maximum Gasteiger partial charge on any atom is 0.0349 e. The summed E-state index contributed by atoms with van der Waals surface area (Å²) in [5.41, 5.74) is 17.1. The molecule has 326 valence electrons. The second-order valence-electron chi connectivity index (χ2n) is 17.9. The van der Waals surface area contributed by atoms with Crippen LogP contribution in [0.1, 0.15) is 40.7 Å². The second kappa shape index (κ2) is 18.7. The van der Waals surface area contributed by atoms with E-state index in [-0.39, 0.29) is 0 Å². The third kappa shape index (κ3) is 8.50. The fraction of sp³-hybridized carbons (Fsp3) is 0.0294. The van der Waals surface area contributed by atoms with E-state index >= 15 is 0 Å². The minimum Gasteiger partial charge on any atom is -0.135 e. The molecule has 0 N–H and O–H groups in total. The predicted octanol–water partition coefficient (Wildman–Crippen LogP) is 19.3. The van der Waals surface area contributed by atoms with E-state index in [2.05, 4.69) is 267 Å². The summed E-state index contributed by atoms with van der Waals surface area (Å²) in [6.07, 6.45) is 13.8. The molecular weight excluding hydrogens is 849 g/mol. The highest BCUT2D eigenvalue weighted by Gasteiger charge is 2.19. The van der Waals surface area contributed by atoms with E-state index in [0.29, 0.717) is 0 Å². The number of fused-ring (bicyclic) bond motifs is 3. The Labute approximate surface area is 408 Å². The Bertz CT molecular complexity index is 3730. The van der Waals surface area contributed by atoms with Crippen LogP contribution in [0.3, 0.4) is 0 Å². The van der Waals surface area contributed by atoms with Crippen molar-refractivity contribution in [3.63, 3.8) is 0 Å². The molecule has 0 fully saturated rings. The summed E-state index contributed by atoms with van der Waals surface area (Å²) in [5.74, 6) is 0. The zero-order chi connectivity index (χ0) is 45.9. The fourth-order valence-corrected chi connectivity index (χ4v) is 11.1. The summed E-state index contributed by atoms with van der Waals surface area (Å²) in [5, 5.41) is 7.49. The predicted molar refractivity (Wildman–Crippen MR) is 299 cm³/mol. The third-order valence-corrected chi connectivity index (χ3v) is 14.7. The number of allylic oxidation sites excluding steroid dienone is 5. The molecule has 0 atom stereocenters. The van der Waals surface area contributed by atoms with Crippen molar-refractivity contribution in [3.05, 3.63) is 288 Å². The number of rotatable bonds is 10. The van der Waals surface area contributed by atoms with Gasteiger partial charge in [-0.15, -0.1) is 11.3 Å². The lowest BCUT2D eigenvalue weighted by Gasteiger charge is -2.19. The van der Waals surface area contributed by atoms with Gasteiger partial charge >= 0.3 is 0 Å². The van der Waals surface area contributed by atoms with Gasteiger partial charge in [0.15, 0.2) is 0 Å². The molecule has 1 heterocycles. The number of benzene rings is 10. The minimum absolute atomic E-state index is 1.07. The molecule has 0 aliphatic heterocycles. The molecule has 12 rings (SSSR count). The highest BCUT2D eigenvalue weighted by atomic mass is 32.1. The summed E-state index contributed by atoms with van der Waals surface area (Å²) in [6.45, 7) is 0. The molecule has 0 nitrogen and oxygen atoms in total. The van der Waals surface area contributed by atoms with Crippen LogP contribution in [0.2, 0.25) is 0 Å². The number of hydrogen-bond donors (Lipinski definition) is 0. The maximum absolute atomic E-state index is 2.45. The van der Waals surface area contributed by atoms with Crippen molar-refractivity contribution < 1.29 is 0 Å². The fourth-order valence-electron chi connectivity index (χ4n) is 10.1. The van der Waals surface area contributed by atoms with Gasteiger partial charge in [0.05, 0.1) is 0 Å². The zero-order valence-corrected chi connectivity index (χ0v) is 39.0. The number of hydrogen-bond acceptors (Lipinski definition) is 1. The first kappa shape index (κ1) is 42.0. The lowest BCUT2D eigenvalue weighted by Crippen LogP contribution is -1.93. The van der Waals surface area contributed by atoms with Crippen LogP contribution >= 0.6 is 11.3 Å². The summed E-state index contributed by atoms with van der Waals surface area (Å²) in [6, 6.07) is 86.8. The van der Waals surface area contributed by atoms with Gasteiger partial charge in [0.25, 0.3) is 0 Å². The quantitative estimate of drug-likeness (QED) is 0.0948. The zero-order valence-electron chi connectivity index (χ0n) is 38.2. The summed E-state index contributed by atoms with van der Waals surface area (Å²) in [7, 11) is 0. The Morgan fingerprint density at radius 1 is 0.348 bits per heavy atom. The smallest absolute Gasteiger partial charge is 0.0349 e. The molecule has 0 radical (unpaired) electrons. The normalized spacial score (nSPS) is 12.6. The van der Waals surface area contributed by atoms with Crippen LogP contribution in [-0.2, 0) is 0 Å². The first-order valence-electron chi connectivity index (χ1n) is 24.0. The highest BCUT2D eigenvalue weighted by molar-refractivity contribution is 7.18. The van der Waals surface area contributed by atoms with Crippen LogP contribution in [0.15, 0.2) is 260 Å². The molecule has 0 bridgehead atoms. The second-order valence-corrected chi connectivity index (χ2v) is 19.0. The van der Waals surface area contributed by atoms with Gasteiger partial charge in [-0.2, -0.15) is 0 Å². The molecule has 69 heavy (non-hydrogen) atoms. The summed E-state index contributed by atoms with van der Waals surface area (Å²) in [4.78, 5) is 2.52. The average Bonchev–Trinajstić information content (AvgIpc) is 3.93. The Hall–Kier alpha value is -8.36. The molecule has 1 aliphatic carbocycles. The lowest BCUT2D eigenvalue weighted by atomic mass is 9.84. The first-order chi connectivity index (χ1) is 34.2. The van der Waals surface area contributed by atoms with Gasteiger partial charge in [-0.05, 0) is 159 Å². The molecule has 0 amide bonds. The van der Waals surface area contributed by atoms with Gasteiger partial charge in [-0.1, -0.05) is 231 Å². The van der Waals surface area contributed by atoms with E-state index in [9.17, 15) is 0 Å². The van der Waals surface area contributed by atoms with E-state index in [1.807, 2.05) is 11.3 Å². The molecule has 1 aromatic heterocycles. The van der Waals surface area contributed by atoms with E-state index in [4.69, 9.17) is 0 Å². The SMILES string of the molecule is C1=CC(/C(=C/c2ccc(-c3c4ccccc4c(-c4ccc(C=C(c5ccccc5)c5ccccc5)cc4)c4cc(-c5ccc(-c6ccc7ccccc7c6)s5)ccc34)cc2)c2ccccc2)=CCC1. The molecule has 10 aromatic carbocycles. The van der Waals surface area contributed by atoms with E-state index < -0.39 is 0 Å². The Kier molecular flexibility index (Phi) is 11.4. The van der Waals surface area contributed by atoms with Crippen molar-refractivity contribution in [1.82, 2.24) is 0 Å². The summed E-state index contributed by atoms with van der Waals surface area (Å²) >= 11 is 1.86. The van der Waals surface area contributed by atoms with Crippen molar-refractivity contribution in [3.8, 4) is 43.1 Å². The van der Waals surface area contributed by atoms with Crippen LogP contribution in [0.5, 0.6) is 0 Å². The van der Waals surface area contributed by atoms with Crippen molar-refractivity contribution in [2.24, 2.45) is 0 Å². The van der Waals surface area contributed by atoms with Crippen LogP contribution in [0, 0.1) is 0 Å². The van der Waals surface area contributed by atoms with Crippen LogP contribution in [-0.4, -0.2) is 0 Å². The first-order valence-corrected chi connectivity index (χ1v) is 24.8. The van der Waals surface area contributed by atoms with Gasteiger partial charge in [-0.25, -0.2) is 0 Å². The van der Waals surface area contributed by atoms with Crippen molar-refractivity contribution in [2.75, 3.05) is 0 Å². The molecule has 0 spiro atoms. The molecular formula is C68H48S. The van der Waals surface area contributed by atoms with Crippen LogP contribution in [0.4, 0.5) is 0 Å². The Morgan fingerprint density at radius 3 is 1.39 bits per heavy atom. The number of thiophene rings is 1. The lowest BCUT2D eigenvalue weighted by molar-refractivity contribution is 1.03. The summed E-state index contributed by atoms with van der Waals surface area (Å²) < 4.78 is 0. The topological polar surface area (TPSA) is 0 Å². The van der Waals surface area contributed by atoms with Gasteiger partial charge in [0, 0.05) is 9.75 Å². The largest absolute Gasteiger partial charge is 0.135 e. The molecule has 1 heteroatoms. The van der Waals surface area contributed by atoms with Crippen molar-refractivity contribution >= 4 is 67.0 Å². The Morgan fingerprint density at radius 2 is 0.812 bits per heavy atom. The average molecular weight is 897 g/mol. The minimum atomic E-state index is 1.07. The van der Waals surface area contributed by atoms with E-state index in [1.165, 1.54) is 114 Å². The van der Waals surface area contributed by atoms with E-state index in [0.717, 1.165) is 18.4 Å².